The molecular weight excluding hydrogens is 422 g/mol. The lowest BCUT2D eigenvalue weighted by molar-refractivity contribution is 0.102. The Morgan fingerprint density at radius 3 is 2.50 bits per heavy atom. The summed E-state index contributed by atoms with van der Waals surface area (Å²) in [4.78, 5) is 18.1. The Morgan fingerprint density at radius 2 is 1.83 bits per heavy atom. The van der Waals surface area contributed by atoms with Crippen LogP contribution in [0.25, 0.3) is 0 Å². The first-order valence-corrected chi connectivity index (χ1v) is 11.6. The van der Waals surface area contributed by atoms with Gasteiger partial charge in [0, 0.05) is 23.4 Å². The first kappa shape index (κ1) is 20.5. The minimum Gasteiger partial charge on any atom is -0.497 e. The van der Waals surface area contributed by atoms with Gasteiger partial charge in [0.2, 0.25) is 10.0 Å². The van der Waals surface area contributed by atoms with Gasteiger partial charge >= 0.3 is 0 Å². The molecule has 1 aromatic heterocycles. The van der Waals surface area contributed by atoms with E-state index >= 15 is 0 Å². The van der Waals surface area contributed by atoms with Gasteiger partial charge in [0.15, 0.2) is 5.13 Å². The van der Waals surface area contributed by atoms with E-state index in [1.165, 1.54) is 15.6 Å². The fourth-order valence-electron chi connectivity index (χ4n) is 3.20. The second-order valence-corrected chi connectivity index (χ2v) is 9.99. The number of carbonyl (C=O) groups is 1. The SMILES string of the molecule is COc1ccc(C(=O)Nc2nc3c(s2)CN(S(=O)(=O)c2ccc(C)cc2)CC3)cc1. The van der Waals surface area contributed by atoms with Gasteiger partial charge in [-0.25, -0.2) is 13.4 Å². The Kier molecular flexibility index (Phi) is 5.59. The number of rotatable bonds is 5. The van der Waals surface area contributed by atoms with E-state index in [0.717, 1.165) is 16.1 Å². The smallest absolute Gasteiger partial charge is 0.257 e. The second-order valence-electron chi connectivity index (χ2n) is 6.97. The van der Waals surface area contributed by atoms with Crippen molar-refractivity contribution in [2.75, 3.05) is 19.0 Å². The molecule has 7 nitrogen and oxygen atoms in total. The molecule has 2 heterocycles. The molecule has 4 rings (SSSR count). The summed E-state index contributed by atoms with van der Waals surface area (Å²) in [5.41, 5.74) is 2.34. The summed E-state index contributed by atoms with van der Waals surface area (Å²) in [6.45, 7) is 2.53. The summed E-state index contributed by atoms with van der Waals surface area (Å²) in [6, 6.07) is 13.6. The highest BCUT2D eigenvalue weighted by Crippen LogP contribution is 2.31. The molecule has 0 spiro atoms. The van der Waals surface area contributed by atoms with Gasteiger partial charge in [-0.2, -0.15) is 4.31 Å². The van der Waals surface area contributed by atoms with Crippen LogP contribution in [0.2, 0.25) is 0 Å². The van der Waals surface area contributed by atoms with Crippen LogP contribution in [0.1, 0.15) is 26.5 Å². The largest absolute Gasteiger partial charge is 0.497 e. The summed E-state index contributed by atoms with van der Waals surface area (Å²) in [5, 5.41) is 3.27. The maximum Gasteiger partial charge on any atom is 0.257 e. The van der Waals surface area contributed by atoms with E-state index in [1.807, 2.05) is 6.92 Å². The summed E-state index contributed by atoms with van der Waals surface area (Å²) < 4.78 is 32.5. The van der Waals surface area contributed by atoms with Gasteiger partial charge in [-0.1, -0.05) is 17.7 Å². The average molecular weight is 444 g/mol. The molecule has 0 saturated carbocycles. The molecule has 0 fully saturated rings. The fourth-order valence-corrected chi connectivity index (χ4v) is 5.71. The summed E-state index contributed by atoms with van der Waals surface area (Å²) in [7, 11) is -2.00. The summed E-state index contributed by atoms with van der Waals surface area (Å²) in [5.74, 6) is 0.402. The van der Waals surface area contributed by atoms with Crippen LogP contribution in [0.3, 0.4) is 0 Å². The van der Waals surface area contributed by atoms with Crippen LogP contribution < -0.4 is 10.1 Å². The molecule has 1 aliphatic rings. The zero-order valence-corrected chi connectivity index (χ0v) is 18.2. The molecule has 0 radical (unpaired) electrons. The normalized spacial score (nSPS) is 14.2. The Balaban J connectivity index is 1.49. The molecule has 3 aromatic rings. The van der Waals surface area contributed by atoms with E-state index in [-0.39, 0.29) is 17.3 Å². The third kappa shape index (κ3) is 4.09. The molecule has 0 aliphatic carbocycles. The van der Waals surface area contributed by atoms with Gasteiger partial charge in [0.25, 0.3) is 5.91 Å². The molecule has 30 heavy (non-hydrogen) atoms. The number of methoxy groups -OCH3 is 1. The molecule has 2 aromatic carbocycles. The van der Waals surface area contributed by atoms with Crippen molar-refractivity contribution in [3.63, 3.8) is 0 Å². The molecule has 0 saturated heterocycles. The molecule has 1 aliphatic heterocycles. The number of aromatic nitrogens is 1. The van der Waals surface area contributed by atoms with E-state index in [1.54, 1.807) is 55.6 Å². The Labute approximate surface area is 179 Å². The van der Waals surface area contributed by atoms with Crippen molar-refractivity contribution in [1.29, 1.82) is 0 Å². The highest BCUT2D eigenvalue weighted by Gasteiger charge is 2.30. The monoisotopic (exact) mass is 443 g/mol. The first-order valence-electron chi connectivity index (χ1n) is 9.37. The van der Waals surface area contributed by atoms with Crippen molar-refractivity contribution < 1.29 is 17.9 Å². The number of aryl methyl sites for hydroxylation is 1. The summed E-state index contributed by atoms with van der Waals surface area (Å²) >= 11 is 1.31. The average Bonchev–Trinajstić information content (AvgIpc) is 3.15. The Morgan fingerprint density at radius 1 is 1.13 bits per heavy atom. The molecule has 0 bridgehead atoms. The van der Waals surface area contributed by atoms with Crippen LogP contribution in [0.5, 0.6) is 5.75 Å². The van der Waals surface area contributed by atoms with Crippen LogP contribution in [0.4, 0.5) is 5.13 Å². The standard InChI is InChI=1S/C21H21N3O4S2/c1-14-3-9-17(10-4-14)30(26,27)24-12-11-18-19(13-24)29-21(22-18)23-20(25)15-5-7-16(28-2)8-6-15/h3-10H,11-13H2,1-2H3,(H,22,23,25). The zero-order chi connectivity index (χ0) is 21.3. The van der Waals surface area contributed by atoms with Crippen molar-refractivity contribution in [3.05, 3.63) is 70.2 Å². The minimum absolute atomic E-state index is 0.252. The molecule has 156 valence electrons. The lowest BCUT2D eigenvalue weighted by Gasteiger charge is -2.25. The van der Waals surface area contributed by atoms with E-state index in [0.29, 0.717) is 29.4 Å². The Bertz CT molecular complexity index is 1170. The van der Waals surface area contributed by atoms with Crippen LogP contribution in [-0.4, -0.2) is 37.3 Å². The molecule has 1 N–H and O–H groups in total. The van der Waals surface area contributed by atoms with Gasteiger partial charge in [-0.05, 0) is 43.3 Å². The van der Waals surface area contributed by atoms with Crippen molar-refractivity contribution >= 4 is 32.4 Å². The van der Waals surface area contributed by atoms with Crippen molar-refractivity contribution in [1.82, 2.24) is 9.29 Å². The molecule has 9 heteroatoms. The molecule has 0 unspecified atom stereocenters. The van der Waals surface area contributed by atoms with Gasteiger partial charge in [0.05, 0.1) is 24.2 Å². The quantitative estimate of drug-likeness (QED) is 0.652. The third-order valence-corrected chi connectivity index (χ3v) is 7.78. The number of benzene rings is 2. The number of nitrogens with zero attached hydrogens (tertiary/aromatic N) is 2. The van der Waals surface area contributed by atoms with E-state index in [4.69, 9.17) is 4.74 Å². The third-order valence-electron chi connectivity index (χ3n) is 4.93. The number of nitrogens with one attached hydrogen (secondary N) is 1. The highest BCUT2D eigenvalue weighted by molar-refractivity contribution is 7.89. The maximum atomic E-state index is 13.0. The van der Waals surface area contributed by atoms with Crippen molar-refractivity contribution in [2.45, 2.75) is 24.8 Å². The number of amides is 1. The highest BCUT2D eigenvalue weighted by atomic mass is 32.2. The number of sulfonamides is 1. The number of fused-ring (bicyclic) bond motifs is 1. The maximum absolute atomic E-state index is 13.0. The first-order chi connectivity index (χ1) is 14.4. The predicted molar refractivity (Wildman–Crippen MR) is 116 cm³/mol. The van der Waals surface area contributed by atoms with Gasteiger partial charge < -0.3 is 4.74 Å². The molecule has 0 atom stereocenters. The number of ether oxygens (including phenoxy) is 1. The second kappa shape index (κ2) is 8.17. The van der Waals surface area contributed by atoms with Gasteiger partial charge in [-0.3, -0.25) is 10.1 Å². The fraction of sp³-hybridized carbons (Fsp3) is 0.238. The minimum atomic E-state index is -3.57. The van der Waals surface area contributed by atoms with Crippen LogP contribution in [-0.2, 0) is 23.0 Å². The van der Waals surface area contributed by atoms with Crippen LogP contribution in [0.15, 0.2) is 53.4 Å². The topological polar surface area (TPSA) is 88.6 Å². The Hall–Kier alpha value is -2.75. The number of thiazole rings is 1. The lowest BCUT2D eigenvalue weighted by Crippen LogP contribution is -2.35. The van der Waals surface area contributed by atoms with Crippen molar-refractivity contribution in [3.8, 4) is 5.75 Å². The van der Waals surface area contributed by atoms with E-state index < -0.39 is 10.0 Å². The number of hydrogen-bond donors (Lipinski definition) is 1. The lowest BCUT2D eigenvalue weighted by atomic mass is 10.2. The number of hydrogen-bond acceptors (Lipinski definition) is 6. The van der Waals surface area contributed by atoms with Crippen LogP contribution in [0, 0.1) is 6.92 Å². The zero-order valence-electron chi connectivity index (χ0n) is 16.6. The van der Waals surface area contributed by atoms with Crippen LogP contribution >= 0.6 is 11.3 Å². The summed E-state index contributed by atoms with van der Waals surface area (Å²) in [6.07, 6.45) is 0.509. The number of carbonyl (C=O) groups excluding carboxylic acids is 1. The predicted octanol–water partition coefficient (Wildman–Crippen LogP) is 3.46. The number of anilines is 1. The van der Waals surface area contributed by atoms with Gasteiger partial charge in [0.1, 0.15) is 5.75 Å². The molecule has 1 amide bonds. The molecular formula is C21H21N3O4S2. The van der Waals surface area contributed by atoms with Crippen molar-refractivity contribution in [2.24, 2.45) is 0 Å². The van der Waals surface area contributed by atoms with E-state index in [9.17, 15) is 13.2 Å². The van der Waals surface area contributed by atoms with Gasteiger partial charge in [-0.15, -0.1) is 11.3 Å². The van der Waals surface area contributed by atoms with E-state index in [2.05, 4.69) is 10.3 Å².